The summed E-state index contributed by atoms with van der Waals surface area (Å²) in [6.07, 6.45) is 0. The van der Waals surface area contributed by atoms with E-state index in [9.17, 15) is 8.78 Å². The number of nitrogens with zero attached hydrogens (tertiary/aromatic N) is 1. The maximum absolute atomic E-state index is 13.1. The van der Waals surface area contributed by atoms with Crippen LogP contribution >= 0.6 is 0 Å². The van der Waals surface area contributed by atoms with Gasteiger partial charge in [0.05, 0.1) is 0 Å². The minimum atomic E-state index is -0.913. The minimum Gasteiger partial charge on any atom is -0.503 e. The molecule has 0 fully saturated rings. The fraction of sp³-hybridized carbons (Fsp3) is 0.538. The Kier molecular flexibility index (Phi) is 4.09. The second-order valence-corrected chi connectivity index (χ2v) is 5.64. The van der Waals surface area contributed by atoms with E-state index < -0.39 is 17.4 Å². The molecule has 1 aromatic rings. The van der Waals surface area contributed by atoms with E-state index in [1.807, 2.05) is 11.9 Å². The molecule has 0 aliphatic rings. The molecule has 2 nitrogen and oxygen atoms in total. The second kappa shape index (κ2) is 5.00. The third kappa shape index (κ3) is 4.30. The first kappa shape index (κ1) is 13.9. The summed E-state index contributed by atoms with van der Waals surface area (Å²) < 4.78 is 26.2. The highest BCUT2D eigenvalue weighted by Gasteiger charge is 2.15. The van der Waals surface area contributed by atoms with Crippen LogP contribution in [0.25, 0.3) is 0 Å². The zero-order valence-electron chi connectivity index (χ0n) is 10.7. The maximum Gasteiger partial charge on any atom is 0.187 e. The Bertz CT molecular complexity index is 376. The van der Waals surface area contributed by atoms with Crippen LogP contribution in [0.1, 0.15) is 26.3 Å². The number of phenols is 1. The quantitative estimate of drug-likeness (QED) is 0.881. The van der Waals surface area contributed by atoms with Crippen molar-refractivity contribution in [3.8, 4) is 5.75 Å². The molecule has 4 heteroatoms. The lowest BCUT2D eigenvalue weighted by Gasteiger charge is -2.26. The van der Waals surface area contributed by atoms with Gasteiger partial charge in [0.25, 0.3) is 0 Å². The van der Waals surface area contributed by atoms with Gasteiger partial charge >= 0.3 is 0 Å². The predicted molar refractivity (Wildman–Crippen MR) is 63.8 cm³/mol. The summed E-state index contributed by atoms with van der Waals surface area (Å²) in [5.41, 5.74) is 0.646. The molecule has 0 atom stereocenters. The van der Waals surface area contributed by atoms with E-state index in [-0.39, 0.29) is 5.41 Å². The number of aromatic hydroxyl groups is 1. The van der Waals surface area contributed by atoms with Gasteiger partial charge in [-0.05, 0) is 30.2 Å². The van der Waals surface area contributed by atoms with Gasteiger partial charge in [-0.2, -0.15) is 0 Å². The van der Waals surface area contributed by atoms with E-state index in [1.54, 1.807) is 0 Å². The topological polar surface area (TPSA) is 23.5 Å². The van der Waals surface area contributed by atoms with Crippen LogP contribution in [0.15, 0.2) is 12.1 Å². The van der Waals surface area contributed by atoms with Crippen molar-refractivity contribution in [2.45, 2.75) is 27.3 Å². The molecule has 96 valence electrons. The molecule has 0 saturated heterocycles. The third-order valence-corrected chi connectivity index (χ3v) is 2.27. The Morgan fingerprint density at radius 1 is 1.18 bits per heavy atom. The normalized spacial score (nSPS) is 12.2. The summed E-state index contributed by atoms with van der Waals surface area (Å²) >= 11 is 0. The standard InChI is InChI=1S/C13H19F2NO/c1-13(2,3)8-16(4)7-9-5-10(14)12(17)11(15)6-9/h5-6,17H,7-8H2,1-4H3. The summed E-state index contributed by atoms with van der Waals surface area (Å²) in [7, 11) is 1.90. The van der Waals surface area contributed by atoms with Crippen molar-refractivity contribution in [3.05, 3.63) is 29.3 Å². The SMILES string of the molecule is CN(Cc1cc(F)c(O)c(F)c1)CC(C)(C)C. The Labute approximate surface area is 101 Å². The monoisotopic (exact) mass is 243 g/mol. The van der Waals surface area contributed by atoms with Crippen molar-refractivity contribution >= 4 is 0 Å². The number of hydrogen-bond donors (Lipinski definition) is 1. The minimum absolute atomic E-state index is 0.128. The zero-order valence-corrected chi connectivity index (χ0v) is 10.7. The van der Waals surface area contributed by atoms with Crippen LogP contribution in [-0.2, 0) is 6.54 Å². The van der Waals surface area contributed by atoms with Crippen molar-refractivity contribution < 1.29 is 13.9 Å². The molecular formula is C13H19F2NO. The van der Waals surface area contributed by atoms with Crippen molar-refractivity contribution in [3.63, 3.8) is 0 Å². The Morgan fingerprint density at radius 2 is 1.65 bits per heavy atom. The molecule has 0 heterocycles. The highest BCUT2D eigenvalue weighted by molar-refractivity contribution is 5.29. The number of rotatable bonds is 3. The van der Waals surface area contributed by atoms with Gasteiger partial charge in [-0.1, -0.05) is 20.8 Å². The van der Waals surface area contributed by atoms with Gasteiger partial charge in [0.15, 0.2) is 17.4 Å². The predicted octanol–water partition coefficient (Wildman–Crippen LogP) is 3.15. The molecule has 1 rings (SSSR count). The van der Waals surface area contributed by atoms with Gasteiger partial charge < -0.3 is 10.0 Å². The summed E-state index contributed by atoms with van der Waals surface area (Å²) in [4.78, 5) is 1.99. The molecule has 1 N–H and O–H groups in total. The molecule has 17 heavy (non-hydrogen) atoms. The van der Waals surface area contributed by atoms with Gasteiger partial charge in [-0.25, -0.2) is 8.78 Å². The first-order valence-corrected chi connectivity index (χ1v) is 5.54. The molecule has 0 aliphatic carbocycles. The molecule has 0 aromatic heterocycles. The van der Waals surface area contributed by atoms with Crippen LogP contribution < -0.4 is 0 Å². The fourth-order valence-electron chi connectivity index (χ4n) is 1.89. The van der Waals surface area contributed by atoms with Crippen LogP contribution in [0.4, 0.5) is 8.78 Å². The van der Waals surface area contributed by atoms with Crippen molar-refractivity contribution in [2.24, 2.45) is 5.41 Å². The summed E-state index contributed by atoms with van der Waals surface area (Å²) in [6.45, 7) is 7.56. The molecule has 1 aromatic carbocycles. The molecule has 0 aliphatic heterocycles. The second-order valence-electron chi connectivity index (χ2n) is 5.64. The molecule has 0 radical (unpaired) electrons. The van der Waals surface area contributed by atoms with Crippen LogP contribution in [0.5, 0.6) is 5.75 Å². The van der Waals surface area contributed by atoms with Gasteiger partial charge in [-0.15, -0.1) is 0 Å². The highest BCUT2D eigenvalue weighted by atomic mass is 19.1. The number of halogens is 2. The van der Waals surface area contributed by atoms with Crippen molar-refractivity contribution in [2.75, 3.05) is 13.6 Å². The lowest BCUT2D eigenvalue weighted by atomic mass is 9.96. The van der Waals surface area contributed by atoms with Crippen LogP contribution in [0.3, 0.4) is 0 Å². The van der Waals surface area contributed by atoms with E-state index >= 15 is 0 Å². The fourth-order valence-corrected chi connectivity index (χ4v) is 1.89. The van der Waals surface area contributed by atoms with E-state index in [0.29, 0.717) is 12.1 Å². The molecular weight excluding hydrogens is 224 g/mol. The van der Waals surface area contributed by atoms with Gasteiger partial charge in [0.2, 0.25) is 0 Å². The smallest absolute Gasteiger partial charge is 0.187 e. The van der Waals surface area contributed by atoms with Crippen molar-refractivity contribution in [1.82, 2.24) is 4.90 Å². The van der Waals surface area contributed by atoms with E-state index in [2.05, 4.69) is 20.8 Å². The van der Waals surface area contributed by atoms with Gasteiger partial charge in [-0.3, -0.25) is 0 Å². The molecule has 0 spiro atoms. The lowest BCUT2D eigenvalue weighted by molar-refractivity contribution is 0.220. The molecule has 0 bridgehead atoms. The largest absolute Gasteiger partial charge is 0.503 e. The first-order chi connectivity index (χ1) is 7.69. The average Bonchev–Trinajstić information content (AvgIpc) is 2.10. The molecule has 0 unspecified atom stereocenters. The summed E-state index contributed by atoms with van der Waals surface area (Å²) in [5, 5.41) is 8.99. The summed E-state index contributed by atoms with van der Waals surface area (Å²) in [5.74, 6) is -2.74. The maximum atomic E-state index is 13.1. The number of hydrogen-bond acceptors (Lipinski definition) is 2. The Hall–Kier alpha value is -1.16. The van der Waals surface area contributed by atoms with Crippen LogP contribution in [0, 0.1) is 17.0 Å². The van der Waals surface area contributed by atoms with Crippen molar-refractivity contribution in [1.29, 1.82) is 0 Å². The van der Waals surface area contributed by atoms with Crippen LogP contribution in [-0.4, -0.2) is 23.6 Å². The Morgan fingerprint density at radius 3 is 2.06 bits per heavy atom. The number of benzene rings is 1. The van der Waals surface area contributed by atoms with Gasteiger partial charge in [0, 0.05) is 13.1 Å². The van der Waals surface area contributed by atoms with E-state index in [4.69, 9.17) is 5.11 Å². The average molecular weight is 243 g/mol. The summed E-state index contributed by atoms with van der Waals surface area (Å²) in [6, 6.07) is 2.33. The lowest BCUT2D eigenvalue weighted by Crippen LogP contribution is -2.28. The van der Waals surface area contributed by atoms with Gasteiger partial charge in [0.1, 0.15) is 0 Å². The highest BCUT2D eigenvalue weighted by Crippen LogP contribution is 2.23. The van der Waals surface area contributed by atoms with E-state index in [0.717, 1.165) is 18.7 Å². The molecule has 0 amide bonds. The van der Waals surface area contributed by atoms with E-state index in [1.165, 1.54) is 0 Å². The third-order valence-electron chi connectivity index (χ3n) is 2.27. The molecule has 0 saturated carbocycles. The first-order valence-electron chi connectivity index (χ1n) is 5.54. The number of phenolic OH excluding ortho intramolecular Hbond substituents is 1. The Balaban J connectivity index is 2.76. The van der Waals surface area contributed by atoms with Crippen LogP contribution in [0.2, 0.25) is 0 Å². The zero-order chi connectivity index (χ0) is 13.2.